The average molecular weight is 397 g/mol. The predicted octanol–water partition coefficient (Wildman–Crippen LogP) is 8.81. The van der Waals surface area contributed by atoms with Crippen LogP contribution in [-0.2, 0) is 0 Å². The van der Waals surface area contributed by atoms with Gasteiger partial charge in [-0.3, -0.25) is 0 Å². The smallest absolute Gasteiger partial charge is 0.00826 e. The summed E-state index contributed by atoms with van der Waals surface area (Å²) in [6.07, 6.45) is 17.2. The molecular weight excluding hydrogens is 348 g/mol. The molecule has 0 aliphatic heterocycles. The van der Waals surface area contributed by atoms with Gasteiger partial charge in [0.1, 0.15) is 0 Å². The molecule has 0 amide bonds. The molecule has 5 aliphatic carbocycles. The molecule has 0 unspecified atom stereocenters. The Labute approximate surface area is 181 Å². The van der Waals surface area contributed by atoms with Gasteiger partial charge in [-0.25, -0.2) is 0 Å². The third-order valence-corrected chi connectivity index (χ3v) is 13.1. The van der Waals surface area contributed by atoms with E-state index in [-0.39, 0.29) is 0 Å². The van der Waals surface area contributed by atoms with E-state index in [1.54, 1.807) is 5.57 Å². The fourth-order valence-corrected chi connectivity index (χ4v) is 10.6. The van der Waals surface area contributed by atoms with Crippen molar-refractivity contribution in [3.8, 4) is 0 Å². The SMILES string of the molecule is CC1=CC[C@H]2[C@]3(C)CC[C@]4(C)[C@H]5CC(C)(C)CC[C@@]5(C)CC[C@]4(C)[C@H]3CC[C@]12C. The summed E-state index contributed by atoms with van der Waals surface area (Å²) in [5.74, 6) is 2.76. The van der Waals surface area contributed by atoms with E-state index in [4.69, 9.17) is 0 Å². The van der Waals surface area contributed by atoms with Gasteiger partial charge in [-0.15, -0.1) is 0 Å². The molecule has 4 fully saturated rings. The third-order valence-electron chi connectivity index (χ3n) is 13.1. The highest BCUT2D eigenvalue weighted by Crippen LogP contribution is 2.78. The van der Waals surface area contributed by atoms with E-state index < -0.39 is 0 Å². The Kier molecular flexibility index (Phi) is 4.09. The Morgan fingerprint density at radius 3 is 2.03 bits per heavy atom. The van der Waals surface area contributed by atoms with Crippen molar-refractivity contribution in [1.82, 2.24) is 0 Å². The summed E-state index contributed by atoms with van der Waals surface area (Å²) >= 11 is 0. The van der Waals surface area contributed by atoms with Gasteiger partial charge in [0.25, 0.3) is 0 Å². The fourth-order valence-electron chi connectivity index (χ4n) is 10.6. The monoisotopic (exact) mass is 396 g/mol. The van der Waals surface area contributed by atoms with Gasteiger partial charge >= 0.3 is 0 Å². The second-order valence-corrected chi connectivity index (χ2v) is 14.6. The van der Waals surface area contributed by atoms with Crippen LogP contribution in [0.4, 0.5) is 0 Å². The van der Waals surface area contributed by atoms with Crippen molar-refractivity contribution in [3.63, 3.8) is 0 Å². The minimum atomic E-state index is 0.491. The Hall–Kier alpha value is -0.260. The van der Waals surface area contributed by atoms with Crippen LogP contribution in [0.1, 0.15) is 120 Å². The van der Waals surface area contributed by atoms with E-state index in [1.165, 1.54) is 64.2 Å². The van der Waals surface area contributed by atoms with Crippen molar-refractivity contribution < 1.29 is 0 Å². The maximum absolute atomic E-state index is 2.79. The summed E-state index contributed by atoms with van der Waals surface area (Å²) in [4.78, 5) is 0. The van der Waals surface area contributed by atoms with E-state index >= 15 is 0 Å². The van der Waals surface area contributed by atoms with E-state index in [9.17, 15) is 0 Å². The van der Waals surface area contributed by atoms with Gasteiger partial charge in [0, 0.05) is 0 Å². The van der Waals surface area contributed by atoms with Crippen LogP contribution in [0.2, 0.25) is 0 Å². The Morgan fingerprint density at radius 1 is 0.690 bits per heavy atom. The summed E-state index contributed by atoms with van der Waals surface area (Å²) < 4.78 is 0. The summed E-state index contributed by atoms with van der Waals surface area (Å²) in [6, 6.07) is 0. The molecular formula is C29H48. The summed E-state index contributed by atoms with van der Waals surface area (Å²) in [6.45, 7) is 21.2. The first kappa shape index (κ1) is 20.6. The molecule has 0 bridgehead atoms. The van der Waals surface area contributed by atoms with Crippen LogP contribution >= 0.6 is 0 Å². The Balaban J connectivity index is 1.55. The average Bonchev–Trinajstić information content (AvgIpc) is 2.95. The molecule has 0 aromatic carbocycles. The zero-order valence-corrected chi connectivity index (χ0v) is 20.9. The molecule has 0 heterocycles. The zero-order valence-electron chi connectivity index (χ0n) is 20.9. The molecule has 0 saturated heterocycles. The molecule has 0 radical (unpaired) electrons. The van der Waals surface area contributed by atoms with Crippen LogP contribution in [0, 0.1) is 50.2 Å². The number of fused-ring (bicyclic) bond motifs is 7. The van der Waals surface area contributed by atoms with Crippen molar-refractivity contribution in [1.29, 1.82) is 0 Å². The van der Waals surface area contributed by atoms with Gasteiger partial charge in [0.15, 0.2) is 0 Å². The number of allylic oxidation sites excluding steroid dienone is 2. The number of hydrogen-bond donors (Lipinski definition) is 0. The van der Waals surface area contributed by atoms with Crippen molar-refractivity contribution >= 4 is 0 Å². The van der Waals surface area contributed by atoms with Gasteiger partial charge < -0.3 is 0 Å². The Morgan fingerprint density at radius 2 is 1.31 bits per heavy atom. The Bertz CT molecular complexity index is 743. The molecule has 0 nitrogen and oxygen atoms in total. The van der Waals surface area contributed by atoms with Crippen LogP contribution in [-0.4, -0.2) is 0 Å². The second-order valence-electron chi connectivity index (χ2n) is 14.6. The molecule has 0 heteroatoms. The molecule has 0 aromatic rings. The van der Waals surface area contributed by atoms with Gasteiger partial charge in [-0.2, -0.15) is 0 Å². The lowest BCUT2D eigenvalue weighted by atomic mass is 9.31. The molecule has 8 atom stereocenters. The van der Waals surface area contributed by atoms with Crippen LogP contribution in [0.25, 0.3) is 0 Å². The molecule has 5 aliphatic rings. The lowest BCUT2D eigenvalue weighted by Gasteiger charge is -2.74. The largest absolute Gasteiger partial charge is 0.0847 e. The summed E-state index contributed by atoms with van der Waals surface area (Å²) in [5.41, 5.74) is 4.98. The molecule has 0 spiro atoms. The van der Waals surface area contributed by atoms with E-state index in [0.717, 1.165) is 17.8 Å². The third kappa shape index (κ3) is 2.39. The number of hydrogen-bond acceptors (Lipinski definition) is 0. The van der Waals surface area contributed by atoms with Gasteiger partial charge in [-0.1, -0.05) is 60.1 Å². The molecule has 0 aromatic heterocycles. The first-order valence-corrected chi connectivity index (χ1v) is 13.0. The number of rotatable bonds is 0. The quantitative estimate of drug-likeness (QED) is 0.359. The molecule has 5 rings (SSSR count). The summed E-state index contributed by atoms with van der Waals surface area (Å²) in [7, 11) is 0. The van der Waals surface area contributed by atoms with Crippen molar-refractivity contribution in [3.05, 3.63) is 11.6 Å². The van der Waals surface area contributed by atoms with Crippen LogP contribution in [0.5, 0.6) is 0 Å². The lowest BCUT2D eigenvalue weighted by Crippen LogP contribution is -2.66. The molecule has 4 saturated carbocycles. The minimum Gasteiger partial charge on any atom is -0.0847 e. The van der Waals surface area contributed by atoms with Crippen molar-refractivity contribution in [2.75, 3.05) is 0 Å². The highest BCUT2D eigenvalue weighted by Gasteiger charge is 2.70. The normalized spacial score (nSPS) is 58.5. The van der Waals surface area contributed by atoms with E-state index in [0.29, 0.717) is 32.5 Å². The van der Waals surface area contributed by atoms with Gasteiger partial charge in [0.05, 0.1) is 0 Å². The highest BCUT2D eigenvalue weighted by atomic mass is 14.7. The van der Waals surface area contributed by atoms with Gasteiger partial charge in [0.2, 0.25) is 0 Å². The minimum absolute atomic E-state index is 0.491. The maximum atomic E-state index is 2.79. The topological polar surface area (TPSA) is 0 Å². The molecule has 164 valence electrons. The van der Waals surface area contributed by atoms with E-state index in [1.807, 2.05) is 0 Å². The van der Waals surface area contributed by atoms with E-state index in [2.05, 4.69) is 61.5 Å². The first-order chi connectivity index (χ1) is 13.3. The highest BCUT2D eigenvalue weighted by molar-refractivity contribution is 5.27. The van der Waals surface area contributed by atoms with Crippen LogP contribution in [0.3, 0.4) is 0 Å². The fraction of sp³-hybridized carbons (Fsp3) is 0.931. The van der Waals surface area contributed by atoms with Gasteiger partial charge in [-0.05, 0) is 121 Å². The predicted molar refractivity (Wildman–Crippen MR) is 125 cm³/mol. The second kappa shape index (κ2) is 5.75. The van der Waals surface area contributed by atoms with Crippen LogP contribution < -0.4 is 0 Å². The maximum Gasteiger partial charge on any atom is -0.00826 e. The van der Waals surface area contributed by atoms with Crippen molar-refractivity contribution in [2.24, 2.45) is 50.2 Å². The van der Waals surface area contributed by atoms with Crippen molar-refractivity contribution in [2.45, 2.75) is 120 Å². The molecule has 29 heavy (non-hydrogen) atoms. The lowest BCUT2D eigenvalue weighted by molar-refractivity contribution is -0.245. The zero-order chi connectivity index (χ0) is 21.1. The summed E-state index contributed by atoms with van der Waals surface area (Å²) in [5, 5.41) is 0. The first-order valence-electron chi connectivity index (χ1n) is 13.0. The standard InChI is InChI=1S/C29H48/c1-20-9-10-21-26(20,5)12-11-22-27(21,6)16-18-29(8)23-19-24(2,3)13-14-25(23,4)15-17-28(22,29)7/h9,21-23H,10-19H2,1-8H3/t21-,22+,23+,25+,26-,27+,28-,29-/m1/s1. The van der Waals surface area contributed by atoms with Crippen LogP contribution in [0.15, 0.2) is 11.6 Å². The molecule has 0 N–H and O–H groups in total.